The molecule has 3 heterocycles. The number of anilines is 1. The molecule has 2 aromatic rings. The van der Waals surface area contributed by atoms with Crippen molar-refractivity contribution in [2.75, 3.05) is 45.3 Å². The number of ether oxygens (including phenoxy) is 2. The van der Waals surface area contributed by atoms with Crippen LogP contribution in [0.1, 0.15) is 42.9 Å². The lowest BCUT2D eigenvalue weighted by Crippen LogP contribution is -2.33. The number of nitrogens with zero attached hydrogens (tertiary/aromatic N) is 3. The van der Waals surface area contributed by atoms with E-state index in [0.717, 1.165) is 74.3 Å². The van der Waals surface area contributed by atoms with Crippen LogP contribution in [0.2, 0.25) is 0 Å². The van der Waals surface area contributed by atoms with Gasteiger partial charge < -0.3 is 14.4 Å². The van der Waals surface area contributed by atoms with Crippen LogP contribution in [-0.4, -0.2) is 55.3 Å². The lowest BCUT2D eigenvalue weighted by Gasteiger charge is -2.32. The summed E-state index contributed by atoms with van der Waals surface area (Å²) in [5, 5.41) is 0. The molecule has 2 fully saturated rings. The SMILES string of the molecule is COc1cccc(CN2CCC(c3cc(=O)[nH]c(N4CCCC4)n3)CC2)c1OC. The predicted octanol–water partition coefficient (Wildman–Crippen LogP) is 2.77. The summed E-state index contributed by atoms with van der Waals surface area (Å²) in [6, 6.07) is 7.70. The zero-order chi connectivity index (χ0) is 20.2. The Labute approximate surface area is 171 Å². The van der Waals surface area contributed by atoms with Crippen LogP contribution in [0.15, 0.2) is 29.1 Å². The summed E-state index contributed by atoms with van der Waals surface area (Å²) >= 11 is 0. The van der Waals surface area contributed by atoms with Crippen LogP contribution in [0, 0.1) is 0 Å². The lowest BCUT2D eigenvalue weighted by molar-refractivity contribution is 0.200. The van der Waals surface area contributed by atoms with Crippen molar-refractivity contribution in [3.8, 4) is 11.5 Å². The molecular weight excluding hydrogens is 368 g/mol. The van der Waals surface area contributed by atoms with E-state index in [-0.39, 0.29) is 5.56 Å². The van der Waals surface area contributed by atoms with Crippen LogP contribution in [0.25, 0.3) is 0 Å². The molecule has 29 heavy (non-hydrogen) atoms. The van der Waals surface area contributed by atoms with E-state index in [0.29, 0.717) is 5.92 Å². The first-order valence-electron chi connectivity index (χ1n) is 10.5. The third-order valence-electron chi connectivity index (χ3n) is 6.04. The Morgan fingerprint density at radius 1 is 1.10 bits per heavy atom. The molecule has 0 atom stereocenters. The first-order valence-corrected chi connectivity index (χ1v) is 10.5. The van der Waals surface area contributed by atoms with E-state index in [9.17, 15) is 4.79 Å². The van der Waals surface area contributed by atoms with Gasteiger partial charge in [-0.25, -0.2) is 4.98 Å². The van der Waals surface area contributed by atoms with Crippen molar-refractivity contribution < 1.29 is 9.47 Å². The Morgan fingerprint density at radius 2 is 1.86 bits per heavy atom. The first-order chi connectivity index (χ1) is 14.2. The number of H-pyrrole nitrogens is 1. The molecule has 4 rings (SSSR count). The van der Waals surface area contributed by atoms with Crippen molar-refractivity contribution in [2.45, 2.75) is 38.1 Å². The van der Waals surface area contributed by atoms with Gasteiger partial charge in [-0.2, -0.15) is 0 Å². The zero-order valence-corrected chi connectivity index (χ0v) is 17.3. The molecule has 1 N–H and O–H groups in total. The van der Waals surface area contributed by atoms with Crippen LogP contribution in [0.5, 0.6) is 11.5 Å². The highest BCUT2D eigenvalue weighted by Gasteiger charge is 2.24. The number of nitrogens with one attached hydrogen (secondary N) is 1. The summed E-state index contributed by atoms with van der Waals surface area (Å²) in [6.45, 7) is 4.73. The molecule has 0 aliphatic carbocycles. The second-order valence-electron chi connectivity index (χ2n) is 7.89. The van der Waals surface area contributed by atoms with Crippen molar-refractivity contribution >= 4 is 5.95 Å². The average Bonchev–Trinajstić information content (AvgIpc) is 3.28. The topological polar surface area (TPSA) is 70.7 Å². The van der Waals surface area contributed by atoms with Gasteiger partial charge in [0.15, 0.2) is 11.5 Å². The Bertz CT molecular complexity index is 884. The number of benzene rings is 1. The fourth-order valence-corrected chi connectivity index (χ4v) is 4.46. The summed E-state index contributed by atoms with van der Waals surface area (Å²) < 4.78 is 11.0. The largest absolute Gasteiger partial charge is 0.493 e. The molecule has 0 bridgehead atoms. The van der Waals surface area contributed by atoms with Crippen molar-refractivity contribution in [1.82, 2.24) is 14.9 Å². The standard InChI is InChI=1S/C22H30N4O3/c1-28-19-7-5-6-17(21(19)29-2)15-25-12-8-16(9-13-25)18-14-20(27)24-22(23-18)26-10-3-4-11-26/h5-7,14,16H,3-4,8-13,15H2,1-2H3,(H,23,24,27). The molecule has 1 aromatic heterocycles. The molecule has 156 valence electrons. The minimum atomic E-state index is -0.0413. The van der Waals surface area contributed by atoms with Gasteiger partial charge in [-0.05, 0) is 44.8 Å². The number of likely N-dealkylation sites (tertiary alicyclic amines) is 1. The maximum atomic E-state index is 12.2. The number of aromatic amines is 1. The summed E-state index contributed by atoms with van der Waals surface area (Å²) in [7, 11) is 3.35. The molecule has 0 saturated carbocycles. The van der Waals surface area contributed by atoms with Crippen LogP contribution in [0.4, 0.5) is 5.95 Å². The molecule has 2 aliphatic rings. The van der Waals surface area contributed by atoms with Crippen LogP contribution in [-0.2, 0) is 6.54 Å². The highest BCUT2D eigenvalue weighted by atomic mass is 16.5. The summed E-state index contributed by atoms with van der Waals surface area (Å²) in [5.41, 5.74) is 2.03. The third kappa shape index (κ3) is 4.40. The Balaban J connectivity index is 1.42. The predicted molar refractivity (Wildman–Crippen MR) is 113 cm³/mol. The van der Waals surface area contributed by atoms with Crippen molar-refractivity contribution in [1.29, 1.82) is 0 Å². The van der Waals surface area contributed by atoms with E-state index >= 15 is 0 Å². The van der Waals surface area contributed by atoms with E-state index in [1.165, 1.54) is 12.8 Å². The number of rotatable bonds is 6. The van der Waals surface area contributed by atoms with Gasteiger partial charge in [-0.1, -0.05) is 12.1 Å². The molecule has 0 radical (unpaired) electrons. The zero-order valence-electron chi connectivity index (χ0n) is 17.3. The van der Waals surface area contributed by atoms with E-state index in [1.54, 1.807) is 20.3 Å². The van der Waals surface area contributed by atoms with Gasteiger partial charge in [0, 0.05) is 37.2 Å². The second-order valence-corrected chi connectivity index (χ2v) is 7.89. The molecule has 7 heteroatoms. The van der Waals surface area contributed by atoms with Gasteiger partial charge in [0.2, 0.25) is 5.95 Å². The third-order valence-corrected chi connectivity index (χ3v) is 6.04. The lowest BCUT2D eigenvalue weighted by atomic mass is 9.93. The summed E-state index contributed by atoms with van der Waals surface area (Å²) in [5.74, 6) is 2.65. The number of hydrogen-bond donors (Lipinski definition) is 1. The maximum absolute atomic E-state index is 12.2. The van der Waals surface area contributed by atoms with Gasteiger partial charge in [0.25, 0.3) is 5.56 Å². The normalized spacial score (nSPS) is 18.2. The van der Waals surface area contributed by atoms with Gasteiger partial charge in [0.1, 0.15) is 0 Å². The second kappa shape index (κ2) is 8.86. The quantitative estimate of drug-likeness (QED) is 0.807. The highest BCUT2D eigenvalue weighted by Crippen LogP contribution is 2.33. The van der Waals surface area contributed by atoms with E-state index in [2.05, 4.69) is 20.9 Å². The molecular formula is C22H30N4O3. The Morgan fingerprint density at radius 3 is 2.55 bits per heavy atom. The Kier molecular flexibility index (Phi) is 6.04. The van der Waals surface area contributed by atoms with Gasteiger partial charge >= 0.3 is 0 Å². The number of piperidine rings is 1. The highest BCUT2D eigenvalue weighted by molar-refractivity contribution is 5.46. The van der Waals surface area contributed by atoms with E-state index < -0.39 is 0 Å². The van der Waals surface area contributed by atoms with Crippen molar-refractivity contribution in [3.05, 3.63) is 45.9 Å². The Hall–Kier alpha value is -2.54. The first kappa shape index (κ1) is 19.8. The molecule has 7 nitrogen and oxygen atoms in total. The molecule has 2 saturated heterocycles. The monoisotopic (exact) mass is 398 g/mol. The molecule has 0 spiro atoms. The molecule has 0 unspecified atom stereocenters. The van der Waals surface area contributed by atoms with Crippen LogP contribution < -0.4 is 19.9 Å². The van der Waals surface area contributed by atoms with Gasteiger partial charge in [0.05, 0.1) is 19.9 Å². The van der Waals surface area contributed by atoms with E-state index in [4.69, 9.17) is 14.5 Å². The minimum absolute atomic E-state index is 0.0413. The van der Waals surface area contributed by atoms with Crippen molar-refractivity contribution in [3.63, 3.8) is 0 Å². The number of hydrogen-bond acceptors (Lipinski definition) is 6. The molecule has 2 aliphatic heterocycles. The van der Waals surface area contributed by atoms with Gasteiger partial charge in [-0.3, -0.25) is 14.7 Å². The van der Waals surface area contributed by atoms with Crippen molar-refractivity contribution in [2.24, 2.45) is 0 Å². The van der Waals surface area contributed by atoms with Gasteiger partial charge in [-0.15, -0.1) is 0 Å². The minimum Gasteiger partial charge on any atom is -0.493 e. The van der Waals surface area contributed by atoms with Crippen LogP contribution >= 0.6 is 0 Å². The fraction of sp³-hybridized carbons (Fsp3) is 0.545. The maximum Gasteiger partial charge on any atom is 0.252 e. The average molecular weight is 399 g/mol. The number of aromatic nitrogens is 2. The fourth-order valence-electron chi connectivity index (χ4n) is 4.46. The number of methoxy groups -OCH3 is 2. The summed E-state index contributed by atoms with van der Waals surface area (Å²) in [4.78, 5) is 24.5. The van der Waals surface area contributed by atoms with Crippen LogP contribution in [0.3, 0.4) is 0 Å². The molecule has 0 amide bonds. The van der Waals surface area contributed by atoms with E-state index in [1.807, 2.05) is 12.1 Å². The summed E-state index contributed by atoms with van der Waals surface area (Å²) in [6.07, 6.45) is 4.34. The molecule has 1 aromatic carbocycles. The smallest absolute Gasteiger partial charge is 0.252 e. The number of para-hydroxylation sites is 1.